The number of nitrogens with two attached hydrogens (primary N) is 1. The van der Waals surface area contributed by atoms with Crippen molar-refractivity contribution in [1.82, 2.24) is 0 Å². The molecule has 2 fully saturated rings. The van der Waals surface area contributed by atoms with Crippen LogP contribution in [0.15, 0.2) is 18.2 Å². The van der Waals surface area contributed by atoms with Crippen molar-refractivity contribution in [3.05, 3.63) is 33.8 Å². The van der Waals surface area contributed by atoms with E-state index >= 15 is 0 Å². The lowest BCUT2D eigenvalue weighted by Gasteiger charge is -2.21. The molecular formula is C14H17Cl2N. The highest BCUT2D eigenvalue weighted by atomic mass is 35.5. The van der Waals surface area contributed by atoms with Gasteiger partial charge in [-0.25, -0.2) is 0 Å². The smallest absolute Gasteiger partial charge is 0.0453 e. The van der Waals surface area contributed by atoms with Gasteiger partial charge in [0.15, 0.2) is 0 Å². The third-order valence-electron chi connectivity index (χ3n) is 4.39. The minimum Gasteiger partial charge on any atom is -0.327 e. The van der Waals surface area contributed by atoms with Crippen LogP contribution in [0.5, 0.6) is 0 Å². The number of halogens is 2. The van der Waals surface area contributed by atoms with Crippen LogP contribution < -0.4 is 5.73 Å². The normalized spacial score (nSPS) is 32.3. The standard InChI is InChI=1S/C14H17Cl2N/c15-12-2-1-3-13(16)11(12)7-14(17)10-5-8-4-9(8)6-10/h1-3,8-10,14H,4-7,17H2. The Morgan fingerprint density at radius 2 is 1.71 bits per heavy atom. The molecule has 1 aromatic carbocycles. The minimum atomic E-state index is 0.209. The van der Waals surface area contributed by atoms with Crippen molar-refractivity contribution >= 4 is 23.2 Å². The van der Waals surface area contributed by atoms with Gasteiger partial charge < -0.3 is 5.73 Å². The fourth-order valence-electron chi connectivity index (χ4n) is 3.24. The van der Waals surface area contributed by atoms with Gasteiger partial charge in [0.1, 0.15) is 0 Å². The Morgan fingerprint density at radius 3 is 2.29 bits per heavy atom. The van der Waals surface area contributed by atoms with Crippen molar-refractivity contribution in [3.63, 3.8) is 0 Å². The van der Waals surface area contributed by atoms with Gasteiger partial charge in [0.25, 0.3) is 0 Å². The number of benzene rings is 1. The van der Waals surface area contributed by atoms with Crippen molar-refractivity contribution in [3.8, 4) is 0 Å². The van der Waals surface area contributed by atoms with Gasteiger partial charge in [-0.15, -0.1) is 0 Å². The Morgan fingerprint density at radius 1 is 1.12 bits per heavy atom. The zero-order valence-electron chi connectivity index (χ0n) is 9.70. The largest absolute Gasteiger partial charge is 0.327 e. The Bertz CT molecular complexity index is 402. The van der Waals surface area contributed by atoms with Crippen molar-refractivity contribution in [2.75, 3.05) is 0 Å². The topological polar surface area (TPSA) is 26.0 Å². The maximum atomic E-state index is 6.31. The van der Waals surface area contributed by atoms with E-state index in [9.17, 15) is 0 Å². The first kappa shape index (κ1) is 11.8. The van der Waals surface area contributed by atoms with E-state index < -0.39 is 0 Å². The molecule has 3 heteroatoms. The van der Waals surface area contributed by atoms with E-state index in [1.54, 1.807) is 0 Å². The van der Waals surface area contributed by atoms with E-state index in [1.165, 1.54) is 19.3 Å². The number of hydrogen-bond acceptors (Lipinski definition) is 1. The van der Waals surface area contributed by atoms with E-state index in [-0.39, 0.29) is 6.04 Å². The van der Waals surface area contributed by atoms with Gasteiger partial charge in [0.05, 0.1) is 0 Å². The van der Waals surface area contributed by atoms with Crippen molar-refractivity contribution in [2.24, 2.45) is 23.5 Å². The van der Waals surface area contributed by atoms with E-state index in [4.69, 9.17) is 28.9 Å². The fraction of sp³-hybridized carbons (Fsp3) is 0.571. The SMILES string of the molecule is NC(Cc1c(Cl)cccc1Cl)C1CC2CC2C1. The van der Waals surface area contributed by atoms with Crippen LogP contribution in [0.3, 0.4) is 0 Å². The summed E-state index contributed by atoms with van der Waals surface area (Å²) in [6, 6.07) is 5.87. The first-order valence-electron chi connectivity index (χ1n) is 6.33. The molecule has 2 saturated carbocycles. The van der Waals surface area contributed by atoms with Gasteiger partial charge in [0.2, 0.25) is 0 Å². The molecule has 92 valence electrons. The average molecular weight is 270 g/mol. The van der Waals surface area contributed by atoms with Crippen molar-refractivity contribution in [2.45, 2.75) is 31.7 Å². The summed E-state index contributed by atoms with van der Waals surface area (Å²) in [6.45, 7) is 0. The van der Waals surface area contributed by atoms with Gasteiger partial charge in [-0.05, 0) is 61.1 Å². The summed E-state index contributed by atoms with van der Waals surface area (Å²) < 4.78 is 0. The predicted molar refractivity (Wildman–Crippen MR) is 72.5 cm³/mol. The third-order valence-corrected chi connectivity index (χ3v) is 5.10. The number of fused-ring (bicyclic) bond motifs is 1. The molecule has 0 aliphatic heterocycles. The van der Waals surface area contributed by atoms with Gasteiger partial charge in [-0.2, -0.15) is 0 Å². The van der Waals surface area contributed by atoms with Crippen LogP contribution in [-0.4, -0.2) is 6.04 Å². The number of hydrogen-bond donors (Lipinski definition) is 1. The van der Waals surface area contributed by atoms with Crippen LogP contribution in [0.2, 0.25) is 10.0 Å². The second-order valence-electron chi connectivity index (χ2n) is 5.56. The molecule has 3 unspecified atom stereocenters. The first-order valence-corrected chi connectivity index (χ1v) is 7.09. The molecule has 0 bridgehead atoms. The van der Waals surface area contributed by atoms with E-state index in [0.29, 0.717) is 5.92 Å². The first-order chi connectivity index (χ1) is 8.15. The highest BCUT2D eigenvalue weighted by Crippen LogP contribution is 2.55. The quantitative estimate of drug-likeness (QED) is 0.885. The second-order valence-corrected chi connectivity index (χ2v) is 6.37. The molecule has 0 saturated heterocycles. The minimum absolute atomic E-state index is 0.209. The lowest BCUT2D eigenvalue weighted by Crippen LogP contribution is -2.31. The average Bonchev–Trinajstić information content (AvgIpc) is 2.91. The molecule has 0 radical (unpaired) electrons. The van der Waals surface area contributed by atoms with Crippen LogP contribution >= 0.6 is 23.2 Å². The molecule has 0 aromatic heterocycles. The van der Waals surface area contributed by atoms with Crippen LogP contribution in [0, 0.1) is 17.8 Å². The maximum absolute atomic E-state index is 6.31. The van der Waals surface area contributed by atoms with Crippen LogP contribution in [-0.2, 0) is 6.42 Å². The van der Waals surface area contributed by atoms with Crippen LogP contribution in [0.25, 0.3) is 0 Å². The molecular weight excluding hydrogens is 253 g/mol. The highest BCUT2D eigenvalue weighted by molar-refractivity contribution is 6.36. The van der Waals surface area contributed by atoms with E-state index in [1.807, 2.05) is 18.2 Å². The monoisotopic (exact) mass is 269 g/mol. The second kappa shape index (κ2) is 4.46. The Balaban J connectivity index is 1.69. The molecule has 1 aromatic rings. The molecule has 1 nitrogen and oxygen atoms in total. The molecule has 17 heavy (non-hydrogen) atoms. The lowest BCUT2D eigenvalue weighted by molar-refractivity contribution is 0.392. The van der Waals surface area contributed by atoms with Crippen LogP contribution in [0.1, 0.15) is 24.8 Å². The van der Waals surface area contributed by atoms with Crippen molar-refractivity contribution in [1.29, 1.82) is 0 Å². The molecule has 2 aliphatic rings. The Kier molecular flexibility index (Phi) is 3.10. The van der Waals surface area contributed by atoms with Crippen molar-refractivity contribution < 1.29 is 0 Å². The molecule has 2 aliphatic carbocycles. The maximum Gasteiger partial charge on any atom is 0.0453 e. The molecule has 0 spiro atoms. The van der Waals surface area contributed by atoms with Gasteiger partial charge in [-0.1, -0.05) is 29.3 Å². The van der Waals surface area contributed by atoms with Crippen LogP contribution in [0.4, 0.5) is 0 Å². The molecule has 2 N–H and O–H groups in total. The zero-order chi connectivity index (χ0) is 12.0. The van der Waals surface area contributed by atoms with Gasteiger partial charge in [0, 0.05) is 16.1 Å². The Labute approximate surface area is 112 Å². The van der Waals surface area contributed by atoms with Gasteiger partial charge >= 0.3 is 0 Å². The third kappa shape index (κ3) is 2.33. The molecule has 0 amide bonds. The summed E-state index contributed by atoms with van der Waals surface area (Å²) in [6.07, 6.45) is 4.88. The summed E-state index contributed by atoms with van der Waals surface area (Å²) in [5.41, 5.74) is 7.33. The molecule has 0 heterocycles. The summed E-state index contributed by atoms with van der Waals surface area (Å²) in [4.78, 5) is 0. The zero-order valence-corrected chi connectivity index (χ0v) is 11.2. The highest BCUT2D eigenvalue weighted by Gasteiger charge is 2.47. The number of rotatable bonds is 3. The lowest BCUT2D eigenvalue weighted by atomic mass is 9.90. The fourth-order valence-corrected chi connectivity index (χ4v) is 3.79. The predicted octanol–water partition coefficient (Wildman–Crippen LogP) is 3.91. The molecule has 3 atom stereocenters. The summed E-state index contributed by atoms with van der Waals surface area (Å²) in [5, 5.41) is 1.49. The van der Waals surface area contributed by atoms with E-state index in [0.717, 1.165) is 33.9 Å². The van der Waals surface area contributed by atoms with E-state index in [2.05, 4.69) is 0 Å². The summed E-state index contributed by atoms with van der Waals surface area (Å²) in [5.74, 6) is 2.63. The summed E-state index contributed by atoms with van der Waals surface area (Å²) >= 11 is 12.4. The molecule has 3 rings (SSSR count). The Hall–Kier alpha value is -0.240. The summed E-state index contributed by atoms with van der Waals surface area (Å²) in [7, 11) is 0. The van der Waals surface area contributed by atoms with Gasteiger partial charge in [-0.3, -0.25) is 0 Å².